The van der Waals surface area contributed by atoms with Crippen LogP contribution in [0, 0.1) is 6.92 Å². The van der Waals surface area contributed by atoms with Crippen molar-refractivity contribution in [3.8, 4) is 11.1 Å². The Bertz CT molecular complexity index is 723. The number of fused-ring (bicyclic) bond motifs is 1. The maximum atomic E-state index is 4.52. The summed E-state index contributed by atoms with van der Waals surface area (Å²) >= 11 is 0. The van der Waals surface area contributed by atoms with Crippen molar-refractivity contribution in [2.75, 3.05) is 7.05 Å². The van der Waals surface area contributed by atoms with Crippen LogP contribution < -0.4 is 5.32 Å². The molecule has 3 aromatic rings. The molecule has 2 heterocycles. The second kappa shape index (κ2) is 4.51. The van der Waals surface area contributed by atoms with E-state index in [1.54, 1.807) is 6.33 Å². The van der Waals surface area contributed by atoms with Crippen LogP contribution in [0.4, 0.5) is 0 Å². The fourth-order valence-electron chi connectivity index (χ4n) is 2.54. The number of hydrogen-bond donors (Lipinski definition) is 2. The Morgan fingerprint density at radius 3 is 3.00 bits per heavy atom. The van der Waals surface area contributed by atoms with Gasteiger partial charge in [-0.3, -0.25) is 4.68 Å². The molecule has 0 saturated carbocycles. The summed E-state index contributed by atoms with van der Waals surface area (Å²) in [6, 6.07) is 6.27. The van der Waals surface area contributed by atoms with Gasteiger partial charge in [-0.05, 0) is 31.7 Å². The van der Waals surface area contributed by atoms with E-state index in [1.165, 1.54) is 16.8 Å². The van der Waals surface area contributed by atoms with Crippen molar-refractivity contribution in [2.45, 2.75) is 13.5 Å². The highest BCUT2D eigenvalue weighted by Gasteiger charge is 2.14. The number of benzene rings is 1. The van der Waals surface area contributed by atoms with Crippen LogP contribution in [0.15, 0.2) is 24.5 Å². The summed E-state index contributed by atoms with van der Waals surface area (Å²) in [6.07, 6.45) is 1.72. The van der Waals surface area contributed by atoms with Crippen LogP contribution in [0.1, 0.15) is 11.4 Å². The lowest BCUT2D eigenvalue weighted by Gasteiger charge is -2.06. The SMILES string of the molecule is CNCc1c(-c2ccc3nc[nH]c3c2)c(C)nn1C. The summed E-state index contributed by atoms with van der Waals surface area (Å²) in [7, 11) is 3.93. The van der Waals surface area contributed by atoms with E-state index in [4.69, 9.17) is 0 Å². The lowest BCUT2D eigenvalue weighted by molar-refractivity contribution is 0.669. The Balaban J connectivity index is 2.19. The molecular weight excluding hydrogens is 238 g/mol. The standard InChI is InChI=1S/C14H17N5/c1-9-14(13(7-15-2)19(3)18-9)10-4-5-11-12(6-10)17-8-16-11/h4-6,8,15H,7H2,1-3H3,(H,16,17). The number of aromatic nitrogens is 4. The average molecular weight is 255 g/mol. The number of aromatic amines is 1. The van der Waals surface area contributed by atoms with Crippen LogP contribution in [0.25, 0.3) is 22.2 Å². The number of imidazole rings is 1. The van der Waals surface area contributed by atoms with Gasteiger partial charge in [0.15, 0.2) is 0 Å². The molecule has 0 aliphatic heterocycles. The van der Waals surface area contributed by atoms with E-state index < -0.39 is 0 Å². The van der Waals surface area contributed by atoms with Crippen molar-refractivity contribution in [2.24, 2.45) is 7.05 Å². The van der Waals surface area contributed by atoms with Gasteiger partial charge < -0.3 is 10.3 Å². The van der Waals surface area contributed by atoms with Gasteiger partial charge in [-0.2, -0.15) is 5.10 Å². The van der Waals surface area contributed by atoms with Crippen LogP contribution in [-0.4, -0.2) is 26.8 Å². The molecule has 19 heavy (non-hydrogen) atoms. The van der Waals surface area contributed by atoms with Crippen molar-refractivity contribution >= 4 is 11.0 Å². The first-order valence-electron chi connectivity index (χ1n) is 6.31. The van der Waals surface area contributed by atoms with E-state index in [2.05, 4.69) is 32.5 Å². The Morgan fingerprint density at radius 2 is 2.21 bits per heavy atom. The summed E-state index contributed by atoms with van der Waals surface area (Å²) in [5.41, 5.74) is 6.66. The summed E-state index contributed by atoms with van der Waals surface area (Å²) in [5.74, 6) is 0. The van der Waals surface area contributed by atoms with Gasteiger partial charge in [0.1, 0.15) is 0 Å². The molecule has 0 atom stereocenters. The van der Waals surface area contributed by atoms with Gasteiger partial charge in [-0.25, -0.2) is 4.98 Å². The predicted molar refractivity (Wildman–Crippen MR) is 75.8 cm³/mol. The predicted octanol–water partition coefficient (Wildman–Crippen LogP) is 1.99. The third kappa shape index (κ3) is 1.92. The third-order valence-electron chi connectivity index (χ3n) is 3.39. The van der Waals surface area contributed by atoms with E-state index >= 15 is 0 Å². The molecule has 2 aromatic heterocycles. The molecule has 3 rings (SSSR count). The minimum absolute atomic E-state index is 0.799. The lowest BCUT2D eigenvalue weighted by Crippen LogP contribution is -2.10. The quantitative estimate of drug-likeness (QED) is 0.752. The van der Waals surface area contributed by atoms with Gasteiger partial charge >= 0.3 is 0 Å². The Labute approximate surface area is 111 Å². The fourth-order valence-corrected chi connectivity index (χ4v) is 2.54. The van der Waals surface area contributed by atoms with Gasteiger partial charge in [-0.1, -0.05) is 6.07 Å². The molecule has 0 saturated heterocycles. The molecule has 98 valence electrons. The monoisotopic (exact) mass is 255 g/mol. The molecule has 0 aliphatic carbocycles. The van der Waals surface area contributed by atoms with Crippen LogP contribution in [0.5, 0.6) is 0 Å². The molecular formula is C14H17N5. The van der Waals surface area contributed by atoms with E-state index in [0.717, 1.165) is 23.3 Å². The molecule has 0 spiro atoms. The minimum Gasteiger partial charge on any atom is -0.345 e. The van der Waals surface area contributed by atoms with Crippen LogP contribution in [0.3, 0.4) is 0 Å². The zero-order valence-electron chi connectivity index (χ0n) is 11.4. The summed E-state index contributed by atoms with van der Waals surface area (Å²) in [4.78, 5) is 7.40. The zero-order valence-corrected chi connectivity index (χ0v) is 11.4. The molecule has 0 aliphatic rings. The first-order chi connectivity index (χ1) is 9.20. The molecule has 2 N–H and O–H groups in total. The van der Waals surface area contributed by atoms with Crippen molar-refractivity contribution in [1.29, 1.82) is 0 Å². The van der Waals surface area contributed by atoms with Gasteiger partial charge in [0.25, 0.3) is 0 Å². The lowest BCUT2D eigenvalue weighted by atomic mass is 10.0. The molecule has 0 unspecified atom stereocenters. The third-order valence-corrected chi connectivity index (χ3v) is 3.39. The minimum atomic E-state index is 0.799. The second-order valence-corrected chi connectivity index (χ2v) is 4.70. The number of nitrogens with zero attached hydrogens (tertiary/aromatic N) is 3. The van der Waals surface area contributed by atoms with Gasteiger partial charge in [-0.15, -0.1) is 0 Å². The Morgan fingerprint density at radius 1 is 1.37 bits per heavy atom. The van der Waals surface area contributed by atoms with Crippen LogP contribution >= 0.6 is 0 Å². The maximum Gasteiger partial charge on any atom is 0.0931 e. The average Bonchev–Trinajstić information content (AvgIpc) is 2.94. The highest BCUT2D eigenvalue weighted by molar-refractivity contribution is 5.82. The van der Waals surface area contributed by atoms with Crippen molar-refractivity contribution in [3.05, 3.63) is 35.9 Å². The van der Waals surface area contributed by atoms with E-state index in [9.17, 15) is 0 Å². The molecule has 0 bridgehead atoms. The largest absolute Gasteiger partial charge is 0.345 e. The van der Waals surface area contributed by atoms with E-state index in [0.29, 0.717) is 0 Å². The van der Waals surface area contributed by atoms with Gasteiger partial charge in [0, 0.05) is 19.2 Å². The second-order valence-electron chi connectivity index (χ2n) is 4.70. The molecule has 1 aromatic carbocycles. The number of aryl methyl sites for hydroxylation is 2. The smallest absolute Gasteiger partial charge is 0.0931 e. The highest BCUT2D eigenvalue weighted by atomic mass is 15.3. The first kappa shape index (κ1) is 11.9. The maximum absolute atomic E-state index is 4.52. The highest BCUT2D eigenvalue weighted by Crippen LogP contribution is 2.28. The molecule has 5 nitrogen and oxygen atoms in total. The number of nitrogens with one attached hydrogen (secondary N) is 2. The first-order valence-corrected chi connectivity index (χ1v) is 6.31. The topological polar surface area (TPSA) is 58.5 Å². The van der Waals surface area contributed by atoms with Crippen LogP contribution in [0.2, 0.25) is 0 Å². The van der Waals surface area contributed by atoms with E-state index in [-0.39, 0.29) is 0 Å². The molecule has 5 heteroatoms. The zero-order chi connectivity index (χ0) is 13.4. The van der Waals surface area contributed by atoms with E-state index in [1.807, 2.05) is 31.8 Å². The number of H-pyrrole nitrogens is 1. The summed E-state index contributed by atoms with van der Waals surface area (Å²) < 4.78 is 1.94. The van der Waals surface area contributed by atoms with Crippen LogP contribution in [-0.2, 0) is 13.6 Å². The number of rotatable bonds is 3. The van der Waals surface area contributed by atoms with Crippen molar-refractivity contribution in [3.63, 3.8) is 0 Å². The Kier molecular flexibility index (Phi) is 2.83. The summed E-state index contributed by atoms with van der Waals surface area (Å²) in [5, 5.41) is 7.72. The molecule has 0 fully saturated rings. The van der Waals surface area contributed by atoms with Crippen molar-refractivity contribution in [1.82, 2.24) is 25.1 Å². The fraction of sp³-hybridized carbons (Fsp3) is 0.286. The Hall–Kier alpha value is -2.14. The normalized spacial score (nSPS) is 11.3. The van der Waals surface area contributed by atoms with Crippen molar-refractivity contribution < 1.29 is 0 Å². The number of hydrogen-bond acceptors (Lipinski definition) is 3. The molecule has 0 radical (unpaired) electrons. The summed E-state index contributed by atoms with van der Waals surface area (Å²) in [6.45, 7) is 2.85. The van der Waals surface area contributed by atoms with Gasteiger partial charge in [0.2, 0.25) is 0 Å². The van der Waals surface area contributed by atoms with Gasteiger partial charge in [0.05, 0.1) is 28.7 Å². The molecule has 0 amide bonds.